The van der Waals surface area contributed by atoms with Crippen molar-refractivity contribution in [2.45, 2.75) is 38.3 Å². The van der Waals surface area contributed by atoms with Gasteiger partial charge in [-0.3, -0.25) is 4.79 Å². The average molecular weight is 320 g/mol. The van der Waals surface area contributed by atoms with Gasteiger partial charge >= 0.3 is 0 Å². The molecular formula is C18H28N2O3. The van der Waals surface area contributed by atoms with Crippen molar-refractivity contribution in [1.82, 2.24) is 10.6 Å². The van der Waals surface area contributed by atoms with Crippen LogP contribution in [0.3, 0.4) is 0 Å². The fraction of sp³-hybridized carbons (Fsp3) is 0.611. The van der Waals surface area contributed by atoms with Crippen LogP contribution in [0.5, 0.6) is 0 Å². The van der Waals surface area contributed by atoms with Crippen molar-refractivity contribution in [3.63, 3.8) is 0 Å². The van der Waals surface area contributed by atoms with E-state index in [2.05, 4.69) is 29.7 Å². The number of nitrogens with one attached hydrogen (secondary N) is 2. The van der Waals surface area contributed by atoms with Gasteiger partial charge in [-0.25, -0.2) is 0 Å². The van der Waals surface area contributed by atoms with Gasteiger partial charge in [-0.1, -0.05) is 30.3 Å². The molecule has 0 radical (unpaired) electrons. The molecule has 1 aliphatic heterocycles. The molecular weight excluding hydrogens is 292 g/mol. The topological polar surface area (TPSA) is 59.6 Å². The standard InChI is InChI=1S/C18H28N2O3/c1-3-22-13-17(21)19-14-18(9-11-23-12-10-18)20-15(2)16-7-5-4-6-8-16/h4-8,15,20H,3,9-14H2,1-2H3,(H,19,21)/t15-/m1/s1. The van der Waals surface area contributed by atoms with E-state index >= 15 is 0 Å². The van der Waals surface area contributed by atoms with Crippen LogP contribution < -0.4 is 10.6 Å². The summed E-state index contributed by atoms with van der Waals surface area (Å²) < 4.78 is 10.7. The first-order valence-electron chi connectivity index (χ1n) is 8.40. The zero-order valence-corrected chi connectivity index (χ0v) is 14.1. The molecule has 1 heterocycles. The second-order valence-corrected chi connectivity index (χ2v) is 6.08. The van der Waals surface area contributed by atoms with Gasteiger partial charge in [0.2, 0.25) is 5.91 Å². The Morgan fingerprint density at radius 3 is 2.65 bits per heavy atom. The number of hydrogen-bond donors (Lipinski definition) is 2. The molecule has 5 heteroatoms. The van der Waals surface area contributed by atoms with Crippen molar-refractivity contribution in [3.05, 3.63) is 35.9 Å². The van der Waals surface area contributed by atoms with E-state index in [4.69, 9.17) is 9.47 Å². The lowest BCUT2D eigenvalue weighted by molar-refractivity contribution is -0.126. The van der Waals surface area contributed by atoms with Crippen LogP contribution in [-0.4, -0.2) is 44.4 Å². The van der Waals surface area contributed by atoms with Gasteiger partial charge in [-0.2, -0.15) is 0 Å². The van der Waals surface area contributed by atoms with Gasteiger partial charge in [0.1, 0.15) is 6.61 Å². The molecule has 1 atom stereocenters. The van der Waals surface area contributed by atoms with Gasteiger partial charge in [0.25, 0.3) is 0 Å². The SMILES string of the molecule is CCOCC(=O)NCC1(N[C@H](C)c2ccccc2)CCOCC1. The number of carbonyl (C=O) groups excluding carboxylic acids is 1. The Hall–Kier alpha value is -1.43. The second kappa shape index (κ2) is 9.01. The first kappa shape index (κ1) is 17.9. The maximum Gasteiger partial charge on any atom is 0.246 e. The molecule has 5 nitrogen and oxygen atoms in total. The molecule has 1 aromatic carbocycles. The van der Waals surface area contributed by atoms with Crippen molar-refractivity contribution in [3.8, 4) is 0 Å². The van der Waals surface area contributed by atoms with Crippen LogP contribution in [0.15, 0.2) is 30.3 Å². The Morgan fingerprint density at radius 1 is 1.30 bits per heavy atom. The summed E-state index contributed by atoms with van der Waals surface area (Å²) >= 11 is 0. The van der Waals surface area contributed by atoms with E-state index in [1.165, 1.54) is 5.56 Å². The monoisotopic (exact) mass is 320 g/mol. The van der Waals surface area contributed by atoms with Crippen molar-refractivity contribution in [1.29, 1.82) is 0 Å². The molecule has 0 aromatic heterocycles. The number of ether oxygens (including phenoxy) is 2. The van der Waals surface area contributed by atoms with Crippen LogP contribution in [0.2, 0.25) is 0 Å². The van der Waals surface area contributed by atoms with Crippen LogP contribution in [0.4, 0.5) is 0 Å². The molecule has 1 fully saturated rings. The highest BCUT2D eigenvalue weighted by Crippen LogP contribution is 2.24. The van der Waals surface area contributed by atoms with E-state index in [1.54, 1.807) is 0 Å². The molecule has 1 aliphatic rings. The van der Waals surface area contributed by atoms with E-state index in [9.17, 15) is 4.79 Å². The molecule has 1 amide bonds. The number of amides is 1. The predicted octanol–water partition coefficient (Wildman–Crippen LogP) is 2.04. The molecule has 0 saturated carbocycles. The van der Waals surface area contributed by atoms with Crippen molar-refractivity contribution >= 4 is 5.91 Å². The van der Waals surface area contributed by atoms with E-state index in [0.717, 1.165) is 26.1 Å². The third kappa shape index (κ3) is 5.61. The lowest BCUT2D eigenvalue weighted by Gasteiger charge is -2.40. The minimum Gasteiger partial charge on any atom is -0.381 e. The summed E-state index contributed by atoms with van der Waals surface area (Å²) in [6.45, 7) is 6.75. The summed E-state index contributed by atoms with van der Waals surface area (Å²) in [7, 11) is 0. The summed E-state index contributed by atoms with van der Waals surface area (Å²) in [6.07, 6.45) is 1.78. The van der Waals surface area contributed by atoms with Crippen LogP contribution in [0, 0.1) is 0 Å². The van der Waals surface area contributed by atoms with Gasteiger partial charge in [0.15, 0.2) is 0 Å². The average Bonchev–Trinajstić information content (AvgIpc) is 2.60. The Bertz CT molecular complexity index is 472. The third-order valence-electron chi connectivity index (χ3n) is 4.33. The molecule has 2 rings (SSSR count). The first-order valence-corrected chi connectivity index (χ1v) is 8.40. The van der Waals surface area contributed by atoms with Crippen LogP contribution in [0.25, 0.3) is 0 Å². The fourth-order valence-electron chi connectivity index (χ4n) is 2.93. The molecule has 128 valence electrons. The minimum atomic E-state index is -0.130. The van der Waals surface area contributed by atoms with Crippen molar-refractivity contribution < 1.29 is 14.3 Å². The lowest BCUT2D eigenvalue weighted by atomic mass is 9.88. The van der Waals surface area contributed by atoms with Gasteiger partial charge in [-0.05, 0) is 32.3 Å². The minimum absolute atomic E-state index is 0.0631. The summed E-state index contributed by atoms with van der Waals surface area (Å²) in [4.78, 5) is 11.8. The summed E-state index contributed by atoms with van der Waals surface area (Å²) in [5.74, 6) is -0.0631. The lowest BCUT2D eigenvalue weighted by Crippen LogP contribution is -2.57. The largest absolute Gasteiger partial charge is 0.381 e. The highest BCUT2D eigenvalue weighted by molar-refractivity contribution is 5.77. The van der Waals surface area contributed by atoms with E-state index in [0.29, 0.717) is 13.2 Å². The molecule has 0 aliphatic carbocycles. The van der Waals surface area contributed by atoms with Crippen LogP contribution >= 0.6 is 0 Å². The van der Waals surface area contributed by atoms with Crippen molar-refractivity contribution in [2.24, 2.45) is 0 Å². The van der Waals surface area contributed by atoms with Crippen LogP contribution in [-0.2, 0) is 14.3 Å². The van der Waals surface area contributed by atoms with E-state index < -0.39 is 0 Å². The summed E-state index contributed by atoms with van der Waals surface area (Å²) in [6, 6.07) is 10.6. The Balaban J connectivity index is 1.96. The molecule has 0 unspecified atom stereocenters. The Labute approximate surface area is 138 Å². The zero-order chi connectivity index (χ0) is 16.5. The Morgan fingerprint density at radius 2 is 2.00 bits per heavy atom. The molecule has 0 bridgehead atoms. The molecule has 0 spiro atoms. The van der Waals surface area contributed by atoms with Gasteiger partial charge in [0, 0.05) is 37.9 Å². The predicted molar refractivity (Wildman–Crippen MR) is 90.3 cm³/mol. The number of carbonyl (C=O) groups is 1. The highest BCUT2D eigenvalue weighted by Gasteiger charge is 2.34. The van der Waals surface area contributed by atoms with Crippen LogP contribution in [0.1, 0.15) is 38.3 Å². The maximum absolute atomic E-state index is 11.8. The molecule has 2 N–H and O–H groups in total. The molecule has 23 heavy (non-hydrogen) atoms. The maximum atomic E-state index is 11.8. The van der Waals surface area contributed by atoms with Gasteiger partial charge in [0.05, 0.1) is 0 Å². The van der Waals surface area contributed by atoms with E-state index in [1.807, 2.05) is 25.1 Å². The highest BCUT2D eigenvalue weighted by atomic mass is 16.5. The molecule has 1 saturated heterocycles. The smallest absolute Gasteiger partial charge is 0.246 e. The summed E-state index contributed by atoms with van der Waals surface area (Å²) in [5.41, 5.74) is 1.12. The fourth-order valence-corrected chi connectivity index (χ4v) is 2.93. The summed E-state index contributed by atoms with van der Waals surface area (Å²) in [5, 5.41) is 6.73. The van der Waals surface area contributed by atoms with Crippen molar-refractivity contribution in [2.75, 3.05) is 33.0 Å². The number of rotatable bonds is 8. The normalized spacial score (nSPS) is 18.3. The molecule has 1 aromatic rings. The first-order chi connectivity index (χ1) is 11.2. The number of benzene rings is 1. The second-order valence-electron chi connectivity index (χ2n) is 6.08. The van der Waals surface area contributed by atoms with E-state index in [-0.39, 0.29) is 24.1 Å². The zero-order valence-electron chi connectivity index (χ0n) is 14.1. The Kier molecular flexibility index (Phi) is 7.02. The quantitative estimate of drug-likeness (QED) is 0.769. The third-order valence-corrected chi connectivity index (χ3v) is 4.33. The van der Waals surface area contributed by atoms with Gasteiger partial charge in [-0.15, -0.1) is 0 Å². The van der Waals surface area contributed by atoms with Gasteiger partial charge < -0.3 is 20.1 Å². The number of hydrogen-bond acceptors (Lipinski definition) is 4.